The van der Waals surface area contributed by atoms with E-state index in [0.717, 1.165) is 0 Å². The third kappa shape index (κ3) is 2.22. The molecule has 18 heavy (non-hydrogen) atoms. The van der Waals surface area contributed by atoms with Crippen LogP contribution in [0.3, 0.4) is 0 Å². The van der Waals surface area contributed by atoms with Gasteiger partial charge in [-0.05, 0) is 23.8 Å². The van der Waals surface area contributed by atoms with Crippen LogP contribution in [0, 0.1) is 17.1 Å². The predicted octanol–water partition coefficient (Wildman–Crippen LogP) is 3.23. The lowest BCUT2D eigenvalue weighted by atomic mass is 10.0. The number of pyridine rings is 1. The predicted molar refractivity (Wildman–Crippen MR) is 64.7 cm³/mol. The maximum Gasteiger partial charge on any atom is 0.176 e. The normalized spacial score (nSPS) is 9.83. The van der Waals surface area contributed by atoms with Crippen molar-refractivity contribution in [2.45, 2.75) is 0 Å². The topological polar surface area (TPSA) is 53.8 Å². The average molecular weight is 261 g/mol. The molecule has 0 saturated heterocycles. The van der Waals surface area contributed by atoms with Crippen molar-refractivity contribution in [3.05, 3.63) is 52.6 Å². The molecule has 0 radical (unpaired) electrons. The first-order valence-electron chi connectivity index (χ1n) is 4.96. The monoisotopic (exact) mass is 260 g/mol. The molecule has 2 rings (SSSR count). The summed E-state index contributed by atoms with van der Waals surface area (Å²) in [4.78, 5) is 14.6. The number of benzene rings is 1. The highest BCUT2D eigenvalue weighted by Crippen LogP contribution is 2.26. The number of carbonyl (C=O) groups excluding carboxylic acids is 1. The molecule has 3 nitrogen and oxygen atoms in total. The Labute approximate surface area is 107 Å². The lowest BCUT2D eigenvalue weighted by Gasteiger charge is -2.05. The molecular formula is C13H6ClFN2O. The van der Waals surface area contributed by atoms with Gasteiger partial charge in [-0.25, -0.2) is 9.37 Å². The van der Waals surface area contributed by atoms with Crippen molar-refractivity contribution in [3.8, 4) is 17.2 Å². The van der Waals surface area contributed by atoms with E-state index in [1.54, 1.807) is 18.2 Å². The summed E-state index contributed by atoms with van der Waals surface area (Å²) in [5, 5.41) is 9.01. The largest absolute Gasteiger partial charge is 0.298 e. The van der Waals surface area contributed by atoms with Gasteiger partial charge >= 0.3 is 0 Å². The highest BCUT2D eigenvalue weighted by atomic mass is 35.5. The van der Waals surface area contributed by atoms with Gasteiger partial charge in [0.25, 0.3) is 0 Å². The molecule has 0 spiro atoms. The number of hydrogen-bond donors (Lipinski definition) is 0. The molecule has 0 fully saturated rings. The summed E-state index contributed by atoms with van der Waals surface area (Å²) in [5.41, 5.74) is 1.00. The molecule has 1 aromatic heterocycles. The SMILES string of the molecule is N#Cc1ncc(-c2ccc(Cl)cc2C=O)cc1F. The van der Waals surface area contributed by atoms with Gasteiger partial charge in [0.05, 0.1) is 0 Å². The fourth-order valence-electron chi connectivity index (χ4n) is 1.56. The van der Waals surface area contributed by atoms with Crippen LogP contribution in [0.1, 0.15) is 16.1 Å². The lowest BCUT2D eigenvalue weighted by Crippen LogP contribution is -1.93. The van der Waals surface area contributed by atoms with Gasteiger partial charge in [0.1, 0.15) is 6.07 Å². The van der Waals surface area contributed by atoms with Gasteiger partial charge in [0, 0.05) is 22.3 Å². The lowest BCUT2D eigenvalue weighted by molar-refractivity contribution is 0.112. The fourth-order valence-corrected chi connectivity index (χ4v) is 1.74. The molecule has 0 aliphatic heterocycles. The van der Waals surface area contributed by atoms with E-state index in [2.05, 4.69) is 4.98 Å². The maximum atomic E-state index is 13.5. The Morgan fingerprint density at radius 3 is 2.78 bits per heavy atom. The van der Waals surface area contributed by atoms with E-state index in [0.29, 0.717) is 28.0 Å². The zero-order chi connectivity index (χ0) is 13.1. The van der Waals surface area contributed by atoms with E-state index in [-0.39, 0.29) is 5.69 Å². The number of aldehydes is 1. The zero-order valence-corrected chi connectivity index (χ0v) is 9.78. The van der Waals surface area contributed by atoms with Crippen LogP contribution >= 0.6 is 11.6 Å². The van der Waals surface area contributed by atoms with Gasteiger partial charge < -0.3 is 0 Å². The van der Waals surface area contributed by atoms with E-state index in [9.17, 15) is 9.18 Å². The number of nitrogens with zero attached hydrogens (tertiary/aromatic N) is 2. The van der Waals surface area contributed by atoms with Crippen molar-refractivity contribution in [2.24, 2.45) is 0 Å². The van der Waals surface area contributed by atoms with Gasteiger partial charge in [0.2, 0.25) is 0 Å². The first-order chi connectivity index (χ1) is 8.65. The molecule has 0 amide bonds. The highest BCUT2D eigenvalue weighted by molar-refractivity contribution is 6.31. The van der Waals surface area contributed by atoms with Crippen LogP contribution in [-0.2, 0) is 0 Å². The summed E-state index contributed by atoms with van der Waals surface area (Å²) in [6, 6.07) is 7.49. The Kier molecular flexibility index (Phi) is 3.35. The quantitative estimate of drug-likeness (QED) is 0.779. The molecule has 0 unspecified atom stereocenters. The Bertz CT molecular complexity index is 665. The van der Waals surface area contributed by atoms with Crippen LogP contribution < -0.4 is 0 Å². The fraction of sp³-hybridized carbons (Fsp3) is 0. The van der Waals surface area contributed by atoms with E-state index in [4.69, 9.17) is 16.9 Å². The Morgan fingerprint density at radius 1 is 1.39 bits per heavy atom. The molecule has 0 atom stereocenters. The number of halogens is 2. The molecule has 5 heteroatoms. The standard InChI is InChI=1S/C13H6ClFN2O/c14-10-1-2-11(9(3-10)7-18)8-4-12(15)13(5-16)17-6-8/h1-4,6-7H. The number of nitriles is 1. The van der Waals surface area contributed by atoms with Gasteiger partial charge in [0.15, 0.2) is 17.8 Å². The second-order valence-corrected chi connectivity index (χ2v) is 3.95. The zero-order valence-electron chi connectivity index (χ0n) is 9.02. The molecule has 2 aromatic rings. The second-order valence-electron chi connectivity index (χ2n) is 3.52. The van der Waals surface area contributed by atoms with Crippen LogP contribution in [0.25, 0.3) is 11.1 Å². The van der Waals surface area contributed by atoms with Crippen molar-refractivity contribution >= 4 is 17.9 Å². The molecule has 1 aromatic carbocycles. The van der Waals surface area contributed by atoms with Crippen molar-refractivity contribution in [3.63, 3.8) is 0 Å². The smallest absolute Gasteiger partial charge is 0.176 e. The van der Waals surface area contributed by atoms with E-state index < -0.39 is 5.82 Å². The summed E-state index contributed by atoms with van der Waals surface area (Å²) in [6.45, 7) is 0. The van der Waals surface area contributed by atoms with Crippen molar-refractivity contribution in [1.82, 2.24) is 4.98 Å². The summed E-state index contributed by atoms with van der Waals surface area (Å²) in [6.07, 6.45) is 1.98. The van der Waals surface area contributed by atoms with Gasteiger partial charge in [-0.2, -0.15) is 5.26 Å². The number of hydrogen-bond acceptors (Lipinski definition) is 3. The Hall–Kier alpha value is -2.25. The second kappa shape index (κ2) is 4.94. The molecule has 1 heterocycles. The molecular weight excluding hydrogens is 255 g/mol. The molecule has 0 aliphatic rings. The molecule has 0 aliphatic carbocycles. The number of rotatable bonds is 2. The van der Waals surface area contributed by atoms with Crippen molar-refractivity contribution in [2.75, 3.05) is 0 Å². The van der Waals surface area contributed by atoms with Crippen LogP contribution in [0.15, 0.2) is 30.5 Å². The third-order valence-electron chi connectivity index (χ3n) is 2.40. The number of aromatic nitrogens is 1. The van der Waals surface area contributed by atoms with Gasteiger partial charge in [-0.1, -0.05) is 17.7 Å². The summed E-state index contributed by atoms with van der Waals surface area (Å²) in [5.74, 6) is -0.721. The highest BCUT2D eigenvalue weighted by Gasteiger charge is 2.09. The van der Waals surface area contributed by atoms with Crippen LogP contribution in [0.5, 0.6) is 0 Å². The van der Waals surface area contributed by atoms with Gasteiger partial charge in [-0.15, -0.1) is 0 Å². The number of carbonyl (C=O) groups is 1. The first-order valence-corrected chi connectivity index (χ1v) is 5.34. The molecule has 0 bridgehead atoms. The minimum Gasteiger partial charge on any atom is -0.298 e. The van der Waals surface area contributed by atoms with Crippen molar-refractivity contribution in [1.29, 1.82) is 5.26 Å². The van der Waals surface area contributed by atoms with E-state index in [1.807, 2.05) is 0 Å². The van der Waals surface area contributed by atoms with E-state index in [1.165, 1.54) is 18.3 Å². The van der Waals surface area contributed by atoms with Crippen molar-refractivity contribution < 1.29 is 9.18 Å². The van der Waals surface area contributed by atoms with Gasteiger partial charge in [-0.3, -0.25) is 4.79 Å². The minimum atomic E-state index is -0.721. The van der Waals surface area contributed by atoms with Crippen LogP contribution in [-0.4, -0.2) is 11.3 Å². The maximum absolute atomic E-state index is 13.5. The molecule has 0 saturated carbocycles. The van der Waals surface area contributed by atoms with Crippen LogP contribution in [0.2, 0.25) is 5.02 Å². The summed E-state index contributed by atoms with van der Waals surface area (Å²) < 4.78 is 13.5. The summed E-state index contributed by atoms with van der Waals surface area (Å²) in [7, 11) is 0. The molecule has 88 valence electrons. The summed E-state index contributed by atoms with van der Waals surface area (Å²) >= 11 is 5.77. The minimum absolute atomic E-state index is 0.277. The third-order valence-corrected chi connectivity index (χ3v) is 2.63. The Morgan fingerprint density at radius 2 is 2.17 bits per heavy atom. The Balaban J connectivity index is 2.59. The average Bonchev–Trinajstić information content (AvgIpc) is 2.38. The first kappa shape index (κ1) is 12.2. The molecule has 0 N–H and O–H groups in total. The van der Waals surface area contributed by atoms with E-state index >= 15 is 0 Å². The van der Waals surface area contributed by atoms with Crippen LogP contribution in [0.4, 0.5) is 4.39 Å².